The molecule has 1 aliphatic rings. The lowest BCUT2D eigenvalue weighted by Crippen LogP contribution is -2.50. The van der Waals surface area contributed by atoms with Gasteiger partial charge in [0, 0.05) is 43.1 Å². The molecule has 1 aromatic carbocycles. The number of nitrogens with zero attached hydrogens (tertiary/aromatic N) is 6. The second-order valence-electron chi connectivity index (χ2n) is 8.37. The fourth-order valence-corrected chi connectivity index (χ4v) is 4.13. The summed E-state index contributed by atoms with van der Waals surface area (Å²) < 4.78 is 40.9. The van der Waals surface area contributed by atoms with Crippen LogP contribution in [0.1, 0.15) is 22.5 Å². The molecule has 0 radical (unpaired) electrons. The molecule has 1 fully saturated rings. The van der Waals surface area contributed by atoms with Gasteiger partial charge >= 0.3 is 6.18 Å². The zero-order valence-electron chi connectivity index (χ0n) is 19.3. The maximum Gasteiger partial charge on any atom is 0.418 e. The molecule has 35 heavy (non-hydrogen) atoms. The van der Waals surface area contributed by atoms with E-state index in [1.54, 1.807) is 16.7 Å². The molecule has 0 saturated carbocycles. The molecule has 186 valence electrons. The summed E-state index contributed by atoms with van der Waals surface area (Å²) in [6.45, 7) is 5.20. The average molecular weight is 490 g/mol. The molecule has 0 aliphatic carbocycles. The molecule has 1 aliphatic heterocycles. The summed E-state index contributed by atoms with van der Waals surface area (Å²) in [6.07, 6.45) is -4.43. The summed E-state index contributed by atoms with van der Waals surface area (Å²) >= 11 is 0. The number of nitrogens with two attached hydrogens (primary N) is 1. The molecule has 0 spiro atoms. The number of rotatable bonds is 5. The Morgan fingerprint density at radius 2 is 1.77 bits per heavy atom. The van der Waals surface area contributed by atoms with Crippen LogP contribution in [0.3, 0.4) is 0 Å². The number of hydrogen-bond acceptors (Lipinski definition) is 7. The zero-order chi connectivity index (χ0) is 25.3. The monoisotopic (exact) mass is 490 g/mol. The number of benzene rings is 1. The van der Waals surface area contributed by atoms with Gasteiger partial charge in [0.25, 0.3) is 5.78 Å². The number of fused-ring (bicyclic) bond motifs is 1. The molecule has 3 heterocycles. The SMILES string of the molecule is Cc1nc2nc(N)nn2c(C)c1CC(=O)N1CCN(CC(=O)Nc2ccccc2C(F)(F)F)CC1. The number of alkyl halides is 3. The maximum atomic E-state index is 13.1. The van der Waals surface area contributed by atoms with Crippen molar-refractivity contribution in [2.24, 2.45) is 0 Å². The lowest BCUT2D eigenvalue weighted by molar-refractivity contribution is -0.137. The van der Waals surface area contributed by atoms with Crippen molar-refractivity contribution in [2.45, 2.75) is 26.4 Å². The normalized spacial score (nSPS) is 14.9. The van der Waals surface area contributed by atoms with E-state index < -0.39 is 17.6 Å². The first kappa shape index (κ1) is 24.4. The molecular weight excluding hydrogens is 465 g/mol. The van der Waals surface area contributed by atoms with E-state index in [4.69, 9.17) is 5.73 Å². The Hall–Kier alpha value is -3.74. The molecule has 13 heteroatoms. The van der Waals surface area contributed by atoms with Crippen LogP contribution in [-0.4, -0.2) is 73.9 Å². The molecule has 3 aromatic rings. The quantitative estimate of drug-likeness (QED) is 0.558. The Balaban J connectivity index is 1.33. The van der Waals surface area contributed by atoms with Crippen LogP contribution in [0.15, 0.2) is 24.3 Å². The number of amides is 2. The number of hydrogen-bond donors (Lipinski definition) is 2. The summed E-state index contributed by atoms with van der Waals surface area (Å²) in [5.74, 6) is -0.156. The number of carbonyl (C=O) groups is 2. The fourth-order valence-electron chi connectivity index (χ4n) is 4.13. The van der Waals surface area contributed by atoms with Crippen molar-refractivity contribution in [1.29, 1.82) is 0 Å². The van der Waals surface area contributed by atoms with E-state index in [-0.39, 0.29) is 30.5 Å². The van der Waals surface area contributed by atoms with Gasteiger partial charge in [-0.1, -0.05) is 12.1 Å². The third kappa shape index (κ3) is 5.34. The van der Waals surface area contributed by atoms with Gasteiger partial charge in [0.2, 0.25) is 17.8 Å². The molecule has 4 rings (SSSR count). The summed E-state index contributed by atoms with van der Waals surface area (Å²) in [5, 5.41) is 6.46. The van der Waals surface area contributed by atoms with E-state index in [0.717, 1.165) is 17.3 Å². The third-order valence-corrected chi connectivity index (χ3v) is 5.99. The topological polar surface area (TPSA) is 122 Å². The second-order valence-corrected chi connectivity index (χ2v) is 8.37. The predicted molar refractivity (Wildman–Crippen MR) is 121 cm³/mol. The lowest BCUT2D eigenvalue weighted by Gasteiger charge is -2.34. The van der Waals surface area contributed by atoms with Gasteiger partial charge in [-0.05, 0) is 26.0 Å². The van der Waals surface area contributed by atoms with E-state index in [1.165, 1.54) is 22.7 Å². The minimum Gasteiger partial charge on any atom is -0.366 e. The smallest absolute Gasteiger partial charge is 0.366 e. The van der Waals surface area contributed by atoms with Gasteiger partial charge in [-0.2, -0.15) is 22.7 Å². The van der Waals surface area contributed by atoms with Gasteiger partial charge in [0.1, 0.15) is 0 Å². The van der Waals surface area contributed by atoms with E-state index >= 15 is 0 Å². The Bertz CT molecular complexity index is 1270. The number of para-hydroxylation sites is 1. The number of halogens is 3. The van der Waals surface area contributed by atoms with Gasteiger partial charge in [0.15, 0.2) is 0 Å². The van der Waals surface area contributed by atoms with Crippen LogP contribution in [0.4, 0.5) is 24.8 Å². The van der Waals surface area contributed by atoms with Crippen LogP contribution < -0.4 is 11.1 Å². The van der Waals surface area contributed by atoms with E-state index in [0.29, 0.717) is 37.7 Å². The molecule has 10 nitrogen and oxygen atoms in total. The first-order valence-electron chi connectivity index (χ1n) is 11.0. The average Bonchev–Trinajstić information content (AvgIpc) is 3.16. The number of nitrogen functional groups attached to an aromatic ring is 1. The molecule has 1 saturated heterocycles. The lowest BCUT2D eigenvalue weighted by atomic mass is 10.1. The summed E-state index contributed by atoms with van der Waals surface area (Å²) in [6, 6.07) is 4.85. The Labute approximate surface area is 198 Å². The van der Waals surface area contributed by atoms with Crippen molar-refractivity contribution >= 4 is 29.2 Å². The van der Waals surface area contributed by atoms with Gasteiger partial charge in [-0.15, -0.1) is 5.10 Å². The highest BCUT2D eigenvalue weighted by Gasteiger charge is 2.33. The number of anilines is 2. The van der Waals surface area contributed by atoms with Crippen LogP contribution in [0.2, 0.25) is 0 Å². The Morgan fingerprint density at radius 3 is 2.46 bits per heavy atom. The van der Waals surface area contributed by atoms with Crippen LogP contribution in [0.25, 0.3) is 5.78 Å². The van der Waals surface area contributed by atoms with Crippen molar-refractivity contribution in [3.05, 3.63) is 46.8 Å². The zero-order valence-corrected chi connectivity index (χ0v) is 19.3. The first-order chi connectivity index (χ1) is 16.5. The number of nitrogens with one attached hydrogen (secondary N) is 1. The van der Waals surface area contributed by atoms with Crippen molar-refractivity contribution in [3.8, 4) is 0 Å². The highest BCUT2D eigenvalue weighted by molar-refractivity contribution is 5.93. The predicted octanol–water partition coefficient (Wildman–Crippen LogP) is 1.67. The van der Waals surface area contributed by atoms with Crippen LogP contribution >= 0.6 is 0 Å². The highest BCUT2D eigenvalue weighted by Crippen LogP contribution is 2.34. The second kappa shape index (κ2) is 9.49. The van der Waals surface area contributed by atoms with Crippen LogP contribution in [-0.2, 0) is 22.2 Å². The summed E-state index contributed by atoms with van der Waals surface area (Å²) in [7, 11) is 0. The molecular formula is C22H25F3N8O2. The third-order valence-electron chi connectivity index (χ3n) is 5.99. The van der Waals surface area contributed by atoms with Crippen molar-refractivity contribution in [1.82, 2.24) is 29.4 Å². The van der Waals surface area contributed by atoms with Gasteiger partial charge < -0.3 is 16.0 Å². The van der Waals surface area contributed by atoms with Gasteiger partial charge in [-0.25, -0.2) is 4.98 Å². The molecule has 0 atom stereocenters. The Kier molecular flexibility index (Phi) is 6.61. The van der Waals surface area contributed by atoms with E-state index in [1.807, 2.05) is 6.92 Å². The number of piperazine rings is 1. The minimum absolute atomic E-state index is 0.0687. The van der Waals surface area contributed by atoms with E-state index in [9.17, 15) is 22.8 Å². The standard InChI is InChI=1S/C22H25F3N8O2/c1-13-15(14(2)33-21(27-13)29-20(26)30-33)11-19(35)32-9-7-31(8-10-32)12-18(34)28-17-6-4-3-5-16(17)22(23,24)25/h3-6H,7-12H2,1-2H3,(H2,26,30)(H,28,34). The summed E-state index contributed by atoms with van der Waals surface area (Å²) in [5.41, 5.74) is 6.64. The largest absolute Gasteiger partial charge is 0.418 e. The molecule has 0 unspecified atom stereocenters. The van der Waals surface area contributed by atoms with E-state index in [2.05, 4.69) is 20.4 Å². The number of aromatic nitrogens is 4. The molecule has 2 aromatic heterocycles. The molecule has 3 N–H and O–H groups in total. The molecule has 0 bridgehead atoms. The maximum absolute atomic E-state index is 13.1. The number of carbonyl (C=O) groups excluding carboxylic acids is 2. The van der Waals surface area contributed by atoms with Crippen molar-refractivity contribution in [2.75, 3.05) is 43.8 Å². The van der Waals surface area contributed by atoms with Crippen molar-refractivity contribution in [3.63, 3.8) is 0 Å². The van der Waals surface area contributed by atoms with Gasteiger partial charge in [0.05, 0.1) is 24.2 Å². The summed E-state index contributed by atoms with van der Waals surface area (Å²) in [4.78, 5) is 37.2. The fraction of sp³-hybridized carbons (Fsp3) is 0.409. The first-order valence-corrected chi connectivity index (χ1v) is 11.0. The molecule has 2 amide bonds. The Morgan fingerprint density at radius 1 is 1.09 bits per heavy atom. The minimum atomic E-state index is -4.56. The van der Waals surface area contributed by atoms with Crippen LogP contribution in [0.5, 0.6) is 0 Å². The number of aryl methyl sites for hydroxylation is 2. The highest BCUT2D eigenvalue weighted by atomic mass is 19.4. The van der Waals surface area contributed by atoms with Crippen LogP contribution in [0, 0.1) is 13.8 Å². The van der Waals surface area contributed by atoms with Gasteiger partial charge in [-0.3, -0.25) is 14.5 Å². The van der Waals surface area contributed by atoms with Crippen molar-refractivity contribution < 1.29 is 22.8 Å².